The van der Waals surface area contributed by atoms with Crippen molar-refractivity contribution in [3.8, 4) is 0 Å². The third kappa shape index (κ3) is 11.5. The van der Waals surface area contributed by atoms with Crippen LogP contribution in [0.15, 0.2) is 46.6 Å². The van der Waals surface area contributed by atoms with E-state index in [1.165, 1.54) is 24.3 Å². The van der Waals surface area contributed by atoms with Crippen molar-refractivity contribution in [2.45, 2.75) is 31.7 Å². The van der Waals surface area contributed by atoms with Crippen LogP contribution < -0.4 is 21.7 Å². The summed E-state index contributed by atoms with van der Waals surface area (Å²) in [7, 11) is 0. The Morgan fingerprint density at radius 3 is 1.67 bits per heavy atom. The summed E-state index contributed by atoms with van der Waals surface area (Å²) in [6.45, 7) is -0.948. The molecule has 0 saturated carbocycles. The van der Waals surface area contributed by atoms with Crippen LogP contribution in [0.5, 0.6) is 0 Å². The number of benzene rings is 2. The van der Waals surface area contributed by atoms with Crippen LogP contribution in [0.2, 0.25) is 20.1 Å². The number of carboxylic acid groups (broad SMARTS) is 2. The first kappa shape index (κ1) is 38.8. The van der Waals surface area contributed by atoms with Gasteiger partial charge in [0.1, 0.15) is 24.0 Å². The maximum Gasteiger partial charge on any atom is 0.320 e. The van der Waals surface area contributed by atoms with Gasteiger partial charge in [0.25, 0.3) is 11.8 Å². The number of halogens is 4. The molecule has 49 heavy (non-hydrogen) atoms. The first-order chi connectivity index (χ1) is 23.0. The summed E-state index contributed by atoms with van der Waals surface area (Å²) in [4.78, 5) is 83.1. The third-order valence-electron chi connectivity index (χ3n) is 6.66. The van der Waals surface area contributed by atoms with Crippen LogP contribution in [0.4, 0.5) is 22.7 Å². The lowest BCUT2D eigenvalue weighted by Gasteiger charge is -2.14. The molecule has 0 spiro atoms. The average molecular weight is 759 g/mol. The zero-order valence-electron chi connectivity index (χ0n) is 25.0. The number of anilines is 2. The van der Waals surface area contributed by atoms with Crippen LogP contribution in [-0.4, -0.2) is 75.7 Å². The largest absolute Gasteiger partial charge is 0.481 e. The van der Waals surface area contributed by atoms with E-state index in [2.05, 4.69) is 26.2 Å². The van der Waals surface area contributed by atoms with Crippen molar-refractivity contribution in [3.05, 3.63) is 56.5 Å². The molecule has 260 valence electrons. The summed E-state index contributed by atoms with van der Waals surface area (Å²) in [5.74, 6) is -6.67. The van der Waals surface area contributed by atoms with Crippen LogP contribution >= 0.6 is 46.4 Å². The van der Waals surface area contributed by atoms with E-state index in [9.17, 15) is 38.7 Å². The van der Waals surface area contributed by atoms with Crippen molar-refractivity contribution < 1.29 is 43.8 Å². The van der Waals surface area contributed by atoms with E-state index in [1.807, 2.05) is 0 Å². The maximum absolute atomic E-state index is 12.4. The molecule has 0 saturated heterocycles. The number of azo groups is 1. The highest BCUT2D eigenvalue weighted by Gasteiger charge is 2.26. The molecule has 5 amide bonds. The van der Waals surface area contributed by atoms with Gasteiger partial charge in [0.15, 0.2) is 0 Å². The lowest BCUT2D eigenvalue weighted by Crippen LogP contribution is -2.37. The molecule has 0 aromatic heterocycles. The number of nitrogens with two attached hydrogens (primary N) is 1. The Morgan fingerprint density at radius 2 is 1.22 bits per heavy atom. The Morgan fingerprint density at radius 1 is 0.755 bits per heavy atom. The van der Waals surface area contributed by atoms with Crippen molar-refractivity contribution in [1.82, 2.24) is 10.2 Å². The van der Waals surface area contributed by atoms with E-state index in [0.29, 0.717) is 0 Å². The van der Waals surface area contributed by atoms with E-state index in [-0.39, 0.29) is 68.5 Å². The monoisotopic (exact) mass is 757 g/mol. The van der Waals surface area contributed by atoms with Gasteiger partial charge < -0.3 is 31.9 Å². The summed E-state index contributed by atoms with van der Waals surface area (Å²) < 4.78 is 0. The van der Waals surface area contributed by atoms with Crippen molar-refractivity contribution in [2.24, 2.45) is 21.9 Å². The van der Waals surface area contributed by atoms with Crippen LogP contribution in [0.1, 0.15) is 25.7 Å². The summed E-state index contributed by atoms with van der Waals surface area (Å²) >= 11 is 25.2. The van der Waals surface area contributed by atoms with E-state index in [0.717, 1.165) is 17.1 Å². The molecule has 0 fully saturated rings. The molecule has 7 N–H and O–H groups in total. The number of carbonyl (C=O) groups is 7. The van der Waals surface area contributed by atoms with Gasteiger partial charge in [0, 0.05) is 29.9 Å². The van der Waals surface area contributed by atoms with Gasteiger partial charge in [-0.1, -0.05) is 46.4 Å². The van der Waals surface area contributed by atoms with E-state index in [4.69, 9.17) is 57.2 Å². The molecule has 20 heteroatoms. The lowest BCUT2D eigenvalue weighted by atomic mass is 9.94. The molecule has 16 nitrogen and oxygen atoms in total. The second kappa shape index (κ2) is 17.7. The molecule has 2 aromatic carbocycles. The van der Waals surface area contributed by atoms with Gasteiger partial charge in [-0.3, -0.25) is 38.5 Å². The normalized spacial score (nSPS) is 13.8. The van der Waals surface area contributed by atoms with E-state index in [1.54, 1.807) is 0 Å². The number of carbonyl (C=O) groups excluding carboxylic acids is 5. The molecule has 0 aliphatic carbocycles. The van der Waals surface area contributed by atoms with Crippen LogP contribution in [0.25, 0.3) is 0 Å². The van der Waals surface area contributed by atoms with Crippen molar-refractivity contribution in [3.63, 3.8) is 0 Å². The maximum atomic E-state index is 12.4. The second-order valence-corrected chi connectivity index (χ2v) is 12.0. The van der Waals surface area contributed by atoms with Gasteiger partial charge in [0.2, 0.25) is 17.7 Å². The standard InChI is InChI=1S/C29H27Cl4N7O9/c30-16-7-14(36-22(42)11-35-21(41)3-1-2-13(28(46)47)6-20(34)29(48)49)8-17(31)26(16)38-39-27-18(32)9-15(10-19(27)33)37-23(43)12-40-24(44)4-5-25(40)45/h4-5,7-10,13,20H,1-3,6,11-12,34H2,(H,35,41)(H,36,42)(H,37,43)(H,46,47)(H,48,49)/t13-,20+/m1/s1. The van der Waals surface area contributed by atoms with E-state index < -0.39 is 66.5 Å². The summed E-state index contributed by atoms with van der Waals surface area (Å²) in [6, 6.07) is 3.93. The van der Waals surface area contributed by atoms with Gasteiger partial charge >= 0.3 is 11.9 Å². The van der Waals surface area contributed by atoms with Gasteiger partial charge in [0.05, 0.1) is 32.6 Å². The van der Waals surface area contributed by atoms with Crippen molar-refractivity contribution >= 4 is 111 Å². The number of nitrogens with zero attached hydrogens (tertiary/aromatic N) is 3. The van der Waals surface area contributed by atoms with Gasteiger partial charge in [-0.05, 0) is 43.5 Å². The Bertz CT molecular complexity index is 1690. The van der Waals surface area contributed by atoms with Crippen LogP contribution in [-0.2, 0) is 33.6 Å². The first-order valence-corrected chi connectivity index (χ1v) is 15.6. The highest BCUT2D eigenvalue weighted by molar-refractivity contribution is 6.40. The Balaban J connectivity index is 1.53. The molecule has 0 radical (unpaired) electrons. The molecule has 1 aliphatic heterocycles. The summed E-state index contributed by atoms with van der Waals surface area (Å²) in [5.41, 5.74) is 5.71. The summed E-state index contributed by atoms with van der Waals surface area (Å²) in [5, 5.41) is 33.4. The zero-order chi connectivity index (χ0) is 36.4. The van der Waals surface area contributed by atoms with Crippen LogP contribution in [0, 0.1) is 5.92 Å². The number of amides is 5. The molecule has 0 unspecified atom stereocenters. The lowest BCUT2D eigenvalue weighted by molar-refractivity contribution is -0.144. The molecule has 1 heterocycles. The minimum absolute atomic E-state index is 0.00185. The second-order valence-electron chi connectivity index (χ2n) is 10.4. The fourth-order valence-electron chi connectivity index (χ4n) is 4.23. The average Bonchev–Trinajstić information content (AvgIpc) is 3.31. The SMILES string of the molecule is N[C@@H](C[C@@H](CCCC(=O)NCC(=O)Nc1cc(Cl)c(N=Nc2c(Cl)cc(NC(=O)CN3C(=O)C=CC3=O)cc2Cl)c(Cl)c1)C(=O)O)C(=O)O. The number of rotatable bonds is 16. The van der Waals surface area contributed by atoms with Gasteiger partial charge in [-0.2, -0.15) is 0 Å². The molecule has 1 aliphatic rings. The summed E-state index contributed by atoms with van der Waals surface area (Å²) in [6.07, 6.45) is 1.85. The number of imide groups is 1. The fraction of sp³-hybridized carbons (Fsp3) is 0.276. The molecular formula is C29H27Cl4N7O9. The number of hydrogen-bond acceptors (Lipinski definition) is 10. The van der Waals surface area contributed by atoms with Crippen molar-refractivity contribution in [1.29, 1.82) is 0 Å². The topological polar surface area (TPSA) is 250 Å². The highest BCUT2D eigenvalue weighted by Crippen LogP contribution is 2.41. The molecule has 2 aromatic rings. The van der Waals surface area contributed by atoms with Gasteiger partial charge in [-0.15, -0.1) is 10.2 Å². The predicted molar refractivity (Wildman–Crippen MR) is 178 cm³/mol. The number of carboxylic acids is 2. The zero-order valence-corrected chi connectivity index (χ0v) is 28.1. The minimum atomic E-state index is -1.34. The Hall–Kier alpha value is -4.61. The molecular weight excluding hydrogens is 732 g/mol. The number of aliphatic carboxylic acids is 2. The van der Waals surface area contributed by atoms with Crippen LogP contribution in [0.3, 0.4) is 0 Å². The number of hydrogen-bond donors (Lipinski definition) is 6. The molecule has 0 bridgehead atoms. The fourth-order valence-corrected chi connectivity index (χ4v) is 5.35. The predicted octanol–water partition coefficient (Wildman–Crippen LogP) is 4.31. The third-order valence-corrected chi connectivity index (χ3v) is 7.81. The first-order valence-electron chi connectivity index (χ1n) is 14.1. The highest BCUT2D eigenvalue weighted by atomic mass is 35.5. The Kier molecular flexibility index (Phi) is 14.0. The van der Waals surface area contributed by atoms with E-state index >= 15 is 0 Å². The smallest absolute Gasteiger partial charge is 0.320 e. The quantitative estimate of drug-likeness (QED) is 0.105. The Labute approximate surface area is 297 Å². The van der Waals surface area contributed by atoms with Gasteiger partial charge in [-0.25, -0.2) is 0 Å². The van der Waals surface area contributed by atoms with Crippen molar-refractivity contribution in [2.75, 3.05) is 23.7 Å². The molecule has 2 atom stereocenters. The minimum Gasteiger partial charge on any atom is -0.481 e. The number of nitrogens with one attached hydrogen (secondary N) is 3. The molecule has 3 rings (SSSR count).